The van der Waals surface area contributed by atoms with Crippen molar-refractivity contribution in [2.45, 2.75) is 9.24 Å². The molecule has 4 nitrogen and oxygen atoms in total. The van der Waals surface area contributed by atoms with Crippen LogP contribution in [0.2, 0.25) is 0 Å². The highest BCUT2D eigenvalue weighted by Crippen LogP contribution is 2.30. The second kappa shape index (κ2) is 4.29. The Hall–Kier alpha value is -1.58. The van der Waals surface area contributed by atoms with E-state index < -0.39 is 0 Å². The Morgan fingerprint density at radius 1 is 1.47 bits per heavy atom. The minimum Gasteiger partial charge on any atom is -0.398 e. The van der Waals surface area contributed by atoms with Crippen molar-refractivity contribution in [3.63, 3.8) is 0 Å². The zero-order valence-electron chi connectivity index (χ0n) is 7.54. The summed E-state index contributed by atoms with van der Waals surface area (Å²) in [5, 5.41) is 8.71. The molecule has 0 unspecified atom stereocenters. The third kappa shape index (κ3) is 2.26. The monoisotopic (exact) mass is 234 g/mol. The van der Waals surface area contributed by atoms with E-state index in [1.165, 1.54) is 29.6 Å². The summed E-state index contributed by atoms with van der Waals surface area (Å²) in [6.45, 7) is 0. The molecule has 0 fully saturated rings. The highest BCUT2D eigenvalue weighted by molar-refractivity contribution is 8.01. The molecular weight excluding hydrogens is 228 g/mol. The molecule has 2 aromatic rings. The predicted octanol–water partition coefficient (Wildman–Crippen LogP) is 2.14. The number of nitrogens with zero attached hydrogens (tertiary/aromatic N) is 3. The second-order valence-corrected chi connectivity index (χ2v) is 4.77. The normalized spacial score (nSPS) is 9.80. The SMILES string of the molecule is N#Cc1ccc(Sc2ncns2)cc1N. The van der Waals surface area contributed by atoms with Gasteiger partial charge in [-0.15, -0.1) is 0 Å². The lowest BCUT2D eigenvalue weighted by Crippen LogP contribution is -1.89. The first-order valence-corrected chi connectivity index (χ1v) is 5.63. The maximum absolute atomic E-state index is 8.71. The van der Waals surface area contributed by atoms with Crippen LogP contribution in [-0.2, 0) is 0 Å². The van der Waals surface area contributed by atoms with E-state index in [0.29, 0.717) is 11.3 Å². The van der Waals surface area contributed by atoms with E-state index in [1.54, 1.807) is 12.1 Å². The van der Waals surface area contributed by atoms with E-state index in [-0.39, 0.29) is 0 Å². The Morgan fingerprint density at radius 3 is 2.93 bits per heavy atom. The number of benzene rings is 1. The third-order valence-electron chi connectivity index (χ3n) is 1.69. The molecule has 0 atom stereocenters. The summed E-state index contributed by atoms with van der Waals surface area (Å²) in [6, 6.07) is 7.35. The lowest BCUT2D eigenvalue weighted by molar-refractivity contribution is 1.21. The summed E-state index contributed by atoms with van der Waals surface area (Å²) in [6.07, 6.45) is 1.51. The number of anilines is 1. The summed E-state index contributed by atoms with van der Waals surface area (Å²) in [7, 11) is 0. The van der Waals surface area contributed by atoms with Crippen molar-refractivity contribution >= 4 is 29.0 Å². The van der Waals surface area contributed by atoms with E-state index in [9.17, 15) is 0 Å². The van der Waals surface area contributed by atoms with E-state index in [0.717, 1.165) is 9.24 Å². The van der Waals surface area contributed by atoms with E-state index in [2.05, 4.69) is 9.36 Å². The van der Waals surface area contributed by atoms with Gasteiger partial charge in [0.05, 0.1) is 11.3 Å². The number of hydrogen-bond donors (Lipinski definition) is 1. The van der Waals surface area contributed by atoms with Crippen LogP contribution < -0.4 is 5.73 Å². The molecule has 2 N–H and O–H groups in total. The molecule has 0 aliphatic heterocycles. The van der Waals surface area contributed by atoms with Gasteiger partial charge in [0.15, 0.2) is 4.34 Å². The second-order valence-electron chi connectivity index (χ2n) is 2.67. The number of nitriles is 1. The van der Waals surface area contributed by atoms with Gasteiger partial charge in [-0.2, -0.15) is 9.64 Å². The Bertz CT molecular complexity index is 501. The standard InChI is InChI=1S/C9H6N4S2/c10-4-6-1-2-7(3-8(6)11)14-9-12-5-13-15-9/h1-3,5H,11H2. The smallest absolute Gasteiger partial charge is 0.174 e. The highest BCUT2D eigenvalue weighted by atomic mass is 32.2. The van der Waals surface area contributed by atoms with Gasteiger partial charge in [0, 0.05) is 4.90 Å². The zero-order chi connectivity index (χ0) is 10.7. The molecular formula is C9H6N4S2. The summed E-state index contributed by atoms with van der Waals surface area (Å²) >= 11 is 2.81. The first-order chi connectivity index (χ1) is 7.29. The van der Waals surface area contributed by atoms with Crippen LogP contribution in [0.15, 0.2) is 33.8 Å². The Balaban J connectivity index is 2.24. The summed E-state index contributed by atoms with van der Waals surface area (Å²) < 4.78 is 4.76. The average Bonchev–Trinajstić information content (AvgIpc) is 2.71. The van der Waals surface area contributed by atoms with E-state index >= 15 is 0 Å². The van der Waals surface area contributed by atoms with E-state index in [1.807, 2.05) is 12.1 Å². The molecule has 1 aromatic carbocycles. The van der Waals surface area contributed by atoms with Crippen molar-refractivity contribution in [2.24, 2.45) is 0 Å². The molecule has 2 rings (SSSR count). The van der Waals surface area contributed by atoms with Gasteiger partial charge in [-0.1, -0.05) is 11.8 Å². The molecule has 0 aliphatic carbocycles. The molecule has 0 radical (unpaired) electrons. The van der Waals surface area contributed by atoms with Crippen molar-refractivity contribution in [2.75, 3.05) is 5.73 Å². The van der Waals surface area contributed by atoms with Gasteiger partial charge in [-0.05, 0) is 29.7 Å². The van der Waals surface area contributed by atoms with Gasteiger partial charge in [0.25, 0.3) is 0 Å². The van der Waals surface area contributed by atoms with Crippen LogP contribution in [-0.4, -0.2) is 9.36 Å². The number of aromatic nitrogens is 2. The number of nitrogens with two attached hydrogens (primary N) is 1. The van der Waals surface area contributed by atoms with Gasteiger partial charge in [0.2, 0.25) is 0 Å². The number of hydrogen-bond acceptors (Lipinski definition) is 6. The average molecular weight is 234 g/mol. The van der Waals surface area contributed by atoms with Crippen LogP contribution in [0.1, 0.15) is 5.56 Å². The minimum absolute atomic E-state index is 0.493. The molecule has 1 aromatic heterocycles. The number of nitrogen functional groups attached to an aromatic ring is 1. The summed E-state index contributed by atoms with van der Waals surface area (Å²) in [4.78, 5) is 5.01. The van der Waals surface area contributed by atoms with E-state index in [4.69, 9.17) is 11.0 Å². The minimum atomic E-state index is 0.493. The van der Waals surface area contributed by atoms with Crippen LogP contribution in [0.4, 0.5) is 5.69 Å². The van der Waals surface area contributed by atoms with Crippen molar-refractivity contribution < 1.29 is 0 Å². The Morgan fingerprint density at radius 2 is 2.33 bits per heavy atom. The molecule has 74 valence electrons. The molecule has 15 heavy (non-hydrogen) atoms. The third-order valence-corrected chi connectivity index (χ3v) is 3.39. The van der Waals surface area contributed by atoms with Gasteiger partial charge in [-0.25, -0.2) is 4.98 Å². The molecule has 6 heteroatoms. The summed E-state index contributed by atoms with van der Waals surface area (Å²) in [5.74, 6) is 0. The molecule has 0 spiro atoms. The largest absolute Gasteiger partial charge is 0.398 e. The fourth-order valence-electron chi connectivity index (χ4n) is 1.01. The fraction of sp³-hybridized carbons (Fsp3) is 0. The molecule has 0 saturated heterocycles. The van der Waals surface area contributed by atoms with Crippen LogP contribution >= 0.6 is 23.3 Å². The zero-order valence-corrected chi connectivity index (χ0v) is 9.18. The van der Waals surface area contributed by atoms with Crippen molar-refractivity contribution in [1.82, 2.24) is 9.36 Å². The molecule has 0 aliphatic rings. The maximum Gasteiger partial charge on any atom is 0.174 e. The van der Waals surface area contributed by atoms with Crippen molar-refractivity contribution in [1.29, 1.82) is 5.26 Å². The maximum atomic E-state index is 8.71. The molecule has 0 amide bonds. The van der Waals surface area contributed by atoms with Crippen molar-refractivity contribution in [3.05, 3.63) is 30.1 Å². The predicted molar refractivity (Wildman–Crippen MR) is 59.6 cm³/mol. The van der Waals surface area contributed by atoms with Gasteiger partial charge in [-0.3, -0.25) is 0 Å². The summed E-state index contributed by atoms with van der Waals surface area (Å²) in [5.41, 5.74) is 6.68. The van der Waals surface area contributed by atoms with Gasteiger partial charge < -0.3 is 5.73 Å². The van der Waals surface area contributed by atoms with Crippen LogP contribution in [0, 0.1) is 11.3 Å². The lowest BCUT2D eigenvalue weighted by Gasteiger charge is -2.00. The number of rotatable bonds is 2. The quantitative estimate of drug-likeness (QED) is 0.806. The van der Waals surface area contributed by atoms with Crippen LogP contribution in [0.3, 0.4) is 0 Å². The van der Waals surface area contributed by atoms with Gasteiger partial charge in [0.1, 0.15) is 12.4 Å². The van der Waals surface area contributed by atoms with Crippen LogP contribution in [0.5, 0.6) is 0 Å². The van der Waals surface area contributed by atoms with Crippen LogP contribution in [0.25, 0.3) is 0 Å². The first-order valence-electron chi connectivity index (χ1n) is 4.04. The molecule has 0 bridgehead atoms. The van der Waals surface area contributed by atoms with Gasteiger partial charge >= 0.3 is 0 Å². The highest BCUT2D eigenvalue weighted by Gasteiger charge is 2.03. The fourth-order valence-corrected chi connectivity index (χ4v) is 2.48. The molecule has 1 heterocycles. The van der Waals surface area contributed by atoms with Crippen molar-refractivity contribution in [3.8, 4) is 6.07 Å². The first kappa shape index (κ1) is 9.96. The Labute approximate surface area is 94.9 Å². The lowest BCUT2D eigenvalue weighted by atomic mass is 10.2. The molecule has 0 saturated carbocycles. The Kier molecular flexibility index (Phi) is 2.85. The topological polar surface area (TPSA) is 75.6 Å².